The van der Waals surface area contributed by atoms with Crippen LogP contribution in [0.4, 0.5) is 8.78 Å². The summed E-state index contributed by atoms with van der Waals surface area (Å²) in [5, 5.41) is 11.8. The second kappa shape index (κ2) is 6.79. The predicted molar refractivity (Wildman–Crippen MR) is 60.9 cm³/mol. The number of hydrogen-bond donors (Lipinski definition) is 2. The Balaban J connectivity index is 3.08. The standard InChI is InChI=1S/C12H13F2NO4/c1-2-19-12(18)10(15-6-16)11(17)9-7(13)4-3-5-8(9)14/h3-6,10-11,17H,2H2,1H3,(H,15,16). The molecule has 0 aromatic heterocycles. The predicted octanol–water partition coefficient (Wildman–Crippen LogP) is 0.676. The molecule has 0 spiro atoms. The van der Waals surface area contributed by atoms with Gasteiger partial charge >= 0.3 is 5.97 Å². The quantitative estimate of drug-likeness (QED) is 0.590. The van der Waals surface area contributed by atoms with Gasteiger partial charge in [-0.15, -0.1) is 0 Å². The highest BCUT2D eigenvalue weighted by Crippen LogP contribution is 2.23. The lowest BCUT2D eigenvalue weighted by Crippen LogP contribution is -2.42. The lowest BCUT2D eigenvalue weighted by atomic mass is 10.0. The number of aliphatic hydroxyl groups is 1. The molecule has 1 rings (SSSR count). The van der Waals surface area contributed by atoms with E-state index in [2.05, 4.69) is 4.74 Å². The molecule has 19 heavy (non-hydrogen) atoms. The van der Waals surface area contributed by atoms with Crippen molar-refractivity contribution in [1.82, 2.24) is 5.32 Å². The second-order valence-corrected chi connectivity index (χ2v) is 3.59. The Morgan fingerprint density at radius 1 is 1.47 bits per heavy atom. The maximum atomic E-state index is 13.5. The van der Waals surface area contributed by atoms with E-state index in [0.29, 0.717) is 0 Å². The number of esters is 1. The molecule has 5 nitrogen and oxygen atoms in total. The van der Waals surface area contributed by atoms with E-state index in [1.807, 2.05) is 5.32 Å². The molecule has 0 fully saturated rings. The highest BCUT2D eigenvalue weighted by Gasteiger charge is 2.32. The summed E-state index contributed by atoms with van der Waals surface area (Å²) in [4.78, 5) is 21.9. The van der Waals surface area contributed by atoms with Crippen molar-refractivity contribution in [2.45, 2.75) is 19.1 Å². The van der Waals surface area contributed by atoms with Crippen molar-refractivity contribution >= 4 is 12.4 Å². The number of halogens is 2. The van der Waals surface area contributed by atoms with E-state index in [-0.39, 0.29) is 13.0 Å². The fourth-order valence-corrected chi connectivity index (χ4v) is 1.55. The number of carbonyl (C=O) groups excluding carboxylic acids is 2. The highest BCUT2D eigenvalue weighted by molar-refractivity contribution is 5.79. The summed E-state index contributed by atoms with van der Waals surface area (Å²) >= 11 is 0. The molecule has 1 aromatic rings. The van der Waals surface area contributed by atoms with Gasteiger partial charge in [-0.25, -0.2) is 13.6 Å². The Kier molecular flexibility index (Phi) is 5.37. The molecular formula is C12H13F2NO4. The van der Waals surface area contributed by atoms with Gasteiger partial charge in [0.15, 0.2) is 6.04 Å². The molecule has 2 N–H and O–H groups in total. The van der Waals surface area contributed by atoms with E-state index in [9.17, 15) is 23.5 Å². The van der Waals surface area contributed by atoms with Crippen molar-refractivity contribution in [3.05, 3.63) is 35.4 Å². The molecular weight excluding hydrogens is 260 g/mol. The van der Waals surface area contributed by atoms with E-state index < -0.39 is 35.3 Å². The van der Waals surface area contributed by atoms with Gasteiger partial charge in [0, 0.05) is 0 Å². The fourth-order valence-electron chi connectivity index (χ4n) is 1.55. The van der Waals surface area contributed by atoms with E-state index in [4.69, 9.17) is 0 Å². The molecule has 7 heteroatoms. The molecule has 0 saturated heterocycles. The van der Waals surface area contributed by atoms with Gasteiger partial charge < -0.3 is 15.2 Å². The highest BCUT2D eigenvalue weighted by atomic mass is 19.1. The van der Waals surface area contributed by atoms with Crippen LogP contribution in [0, 0.1) is 11.6 Å². The smallest absolute Gasteiger partial charge is 0.331 e. The maximum absolute atomic E-state index is 13.5. The van der Waals surface area contributed by atoms with E-state index in [1.54, 1.807) is 0 Å². The van der Waals surface area contributed by atoms with Crippen molar-refractivity contribution in [2.24, 2.45) is 0 Å². The third-order valence-corrected chi connectivity index (χ3v) is 2.40. The van der Waals surface area contributed by atoms with Crippen LogP contribution in [-0.2, 0) is 14.3 Å². The van der Waals surface area contributed by atoms with E-state index >= 15 is 0 Å². The van der Waals surface area contributed by atoms with Crippen LogP contribution in [0.3, 0.4) is 0 Å². The summed E-state index contributed by atoms with van der Waals surface area (Å²) in [5.41, 5.74) is -0.699. The molecule has 0 bridgehead atoms. The van der Waals surface area contributed by atoms with Gasteiger partial charge in [0.2, 0.25) is 6.41 Å². The topological polar surface area (TPSA) is 75.6 Å². The van der Waals surface area contributed by atoms with Gasteiger partial charge in [-0.05, 0) is 19.1 Å². The molecule has 2 unspecified atom stereocenters. The fraction of sp³-hybridized carbons (Fsp3) is 0.333. The molecule has 1 amide bonds. The normalized spacial score (nSPS) is 13.5. The monoisotopic (exact) mass is 273 g/mol. The van der Waals surface area contributed by atoms with E-state index in [1.165, 1.54) is 6.92 Å². The molecule has 2 atom stereocenters. The minimum absolute atomic E-state index is 0.00233. The van der Waals surface area contributed by atoms with Crippen LogP contribution in [0.25, 0.3) is 0 Å². The summed E-state index contributed by atoms with van der Waals surface area (Å²) in [6.07, 6.45) is -1.74. The number of benzene rings is 1. The van der Waals surface area contributed by atoms with Crippen molar-refractivity contribution in [2.75, 3.05) is 6.61 Å². The zero-order valence-corrected chi connectivity index (χ0v) is 10.1. The third-order valence-electron chi connectivity index (χ3n) is 2.40. The Hall–Kier alpha value is -2.02. The number of nitrogens with one attached hydrogen (secondary N) is 1. The second-order valence-electron chi connectivity index (χ2n) is 3.59. The first kappa shape index (κ1) is 15.0. The Bertz CT molecular complexity index is 447. The molecule has 0 aliphatic rings. The summed E-state index contributed by atoms with van der Waals surface area (Å²) < 4.78 is 31.6. The summed E-state index contributed by atoms with van der Waals surface area (Å²) in [6.45, 7) is 1.52. The Morgan fingerprint density at radius 2 is 2.05 bits per heavy atom. The number of carbonyl (C=O) groups is 2. The Labute approximate surface area is 108 Å². The van der Waals surface area contributed by atoms with Crippen LogP contribution in [0.5, 0.6) is 0 Å². The number of aliphatic hydroxyl groups excluding tert-OH is 1. The van der Waals surface area contributed by atoms with Crippen molar-refractivity contribution in [1.29, 1.82) is 0 Å². The maximum Gasteiger partial charge on any atom is 0.331 e. The SMILES string of the molecule is CCOC(=O)C(NC=O)C(O)c1c(F)cccc1F. The van der Waals surface area contributed by atoms with Crippen LogP contribution in [0.1, 0.15) is 18.6 Å². The molecule has 104 valence electrons. The molecule has 0 aliphatic heterocycles. The van der Waals surface area contributed by atoms with Gasteiger partial charge in [0.1, 0.15) is 17.7 Å². The minimum atomic E-state index is -1.88. The first-order valence-corrected chi connectivity index (χ1v) is 5.51. The van der Waals surface area contributed by atoms with Crippen LogP contribution >= 0.6 is 0 Å². The molecule has 1 aromatic carbocycles. The van der Waals surface area contributed by atoms with Gasteiger partial charge in [-0.2, -0.15) is 0 Å². The molecule has 0 heterocycles. The van der Waals surface area contributed by atoms with Gasteiger partial charge in [-0.1, -0.05) is 6.07 Å². The number of ether oxygens (including phenoxy) is 1. The number of hydrogen-bond acceptors (Lipinski definition) is 4. The molecule has 0 saturated carbocycles. The summed E-state index contributed by atoms with van der Waals surface area (Å²) in [7, 11) is 0. The zero-order valence-electron chi connectivity index (χ0n) is 10.1. The van der Waals surface area contributed by atoms with Crippen LogP contribution in [0.15, 0.2) is 18.2 Å². The lowest BCUT2D eigenvalue weighted by molar-refractivity contribution is -0.150. The minimum Gasteiger partial charge on any atom is -0.464 e. The van der Waals surface area contributed by atoms with Crippen LogP contribution in [-0.4, -0.2) is 30.1 Å². The average Bonchev–Trinajstić information content (AvgIpc) is 2.35. The lowest BCUT2D eigenvalue weighted by Gasteiger charge is -2.21. The largest absolute Gasteiger partial charge is 0.464 e. The zero-order chi connectivity index (χ0) is 14.4. The third kappa shape index (κ3) is 3.47. The van der Waals surface area contributed by atoms with Gasteiger partial charge in [-0.3, -0.25) is 4.79 Å². The van der Waals surface area contributed by atoms with Crippen molar-refractivity contribution < 1.29 is 28.2 Å². The number of amides is 1. The molecule has 0 radical (unpaired) electrons. The van der Waals surface area contributed by atoms with Crippen LogP contribution in [0.2, 0.25) is 0 Å². The average molecular weight is 273 g/mol. The number of rotatable bonds is 6. The summed E-state index contributed by atoms with van der Waals surface area (Å²) in [5.74, 6) is -3.02. The first-order valence-electron chi connectivity index (χ1n) is 5.51. The summed E-state index contributed by atoms with van der Waals surface area (Å²) in [6, 6.07) is 1.41. The van der Waals surface area contributed by atoms with E-state index in [0.717, 1.165) is 18.2 Å². The first-order chi connectivity index (χ1) is 9.02. The van der Waals surface area contributed by atoms with Gasteiger partial charge in [0.05, 0.1) is 12.2 Å². The van der Waals surface area contributed by atoms with Crippen molar-refractivity contribution in [3.8, 4) is 0 Å². The molecule has 0 aliphatic carbocycles. The van der Waals surface area contributed by atoms with Crippen LogP contribution < -0.4 is 5.32 Å². The Morgan fingerprint density at radius 3 is 2.53 bits per heavy atom. The van der Waals surface area contributed by atoms with Crippen molar-refractivity contribution in [3.63, 3.8) is 0 Å². The van der Waals surface area contributed by atoms with Gasteiger partial charge in [0.25, 0.3) is 0 Å².